The highest BCUT2D eigenvalue weighted by Crippen LogP contribution is 2.22. The minimum Gasteiger partial charge on any atom is -0.478 e. The van der Waals surface area contributed by atoms with Crippen LogP contribution in [0.4, 0.5) is 0 Å². The van der Waals surface area contributed by atoms with Gasteiger partial charge in [0.2, 0.25) is 0 Å². The maximum atomic E-state index is 11.2. The Kier molecular flexibility index (Phi) is 4.59. The van der Waals surface area contributed by atoms with Crippen LogP contribution in [-0.4, -0.2) is 29.2 Å². The maximum Gasteiger partial charge on any atom is 0.335 e. The smallest absolute Gasteiger partial charge is 0.335 e. The van der Waals surface area contributed by atoms with Crippen molar-refractivity contribution >= 4 is 5.97 Å². The second kappa shape index (κ2) is 10.0. The zero-order valence-electron chi connectivity index (χ0n) is 23.0. The first kappa shape index (κ1) is 13.3. The summed E-state index contributed by atoms with van der Waals surface area (Å²) in [5.41, 5.74) is 2.04. The molecule has 3 aromatic rings. The highest BCUT2D eigenvalue weighted by Gasteiger charge is 2.07. The third-order valence-corrected chi connectivity index (χ3v) is 4.33. The molecule has 0 aromatic heterocycles. The van der Waals surface area contributed by atoms with Gasteiger partial charge in [-0.25, -0.2) is 4.79 Å². The number of rotatable bonds is 9. The second-order valence-electron chi connectivity index (χ2n) is 6.59. The van der Waals surface area contributed by atoms with E-state index in [9.17, 15) is 15.0 Å². The Bertz CT molecular complexity index is 1270. The number of carboxylic acids is 1. The first-order chi connectivity index (χ1) is 16.8. The topological polar surface area (TPSA) is 69.6 Å². The number of nitrogens with one attached hydrogen (secondary N) is 1. The van der Waals surface area contributed by atoms with Gasteiger partial charge in [0.15, 0.2) is 0 Å². The van der Waals surface area contributed by atoms with E-state index in [0.29, 0.717) is 12.8 Å². The lowest BCUT2D eigenvalue weighted by atomic mass is 9.99. The van der Waals surface area contributed by atoms with Crippen LogP contribution in [0.15, 0.2) is 72.7 Å². The predicted molar refractivity (Wildman–Crippen MR) is 116 cm³/mol. The van der Waals surface area contributed by atoms with Gasteiger partial charge >= 0.3 is 5.97 Å². The van der Waals surface area contributed by atoms with Gasteiger partial charge in [0.1, 0.15) is 0 Å². The molecule has 3 aromatic carbocycles. The van der Waals surface area contributed by atoms with E-state index >= 15 is 0 Å². The molecule has 0 radical (unpaired) electrons. The largest absolute Gasteiger partial charge is 0.478 e. The molecule has 4 nitrogen and oxygen atoms in total. The summed E-state index contributed by atoms with van der Waals surface area (Å²) in [6.45, 7) is -1.33. The van der Waals surface area contributed by atoms with Crippen molar-refractivity contribution in [1.82, 2.24) is 5.32 Å². The predicted octanol–water partition coefficient (Wildman–Crippen LogP) is 4.62. The van der Waals surface area contributed by atoms with Crippen molar-refractivity contribution in [1.29, 1.82) is 0 Å². The number of hydrogen-bond donors (Lipinski definition) is 3. The van der Waals surface area contributed by atoms with Gasteiger partial charge in [-0.15, -0.1) is 0 Å². The number of aliphatic hydroxyl groups is 1. The van der Waals surface area contributed by atoms with Gasteiger partial charge in [0, 0.05) is 9.24 Å². The quantitative estimate of drug-likeness (QED) is 0.462. The molecular formula is C25H27NO3. The molecule has 0 aliphatic rings. The average Bonchev–Trinajstić information content (AvgIpc) is 2.84. The van der Waals surface area contributed by atoms with Crippen LogP contribution in [0.1, 0.15) is 49.1 Å². The van der Waals surface area contributed by atoms with Crippen LogP contribution < -0.4 is 5.32 Å². The minimum absolute atomic E-state index is 0.0127. The van der Waals surface area contributed by atoms with Crippen LogP contribution in [0, 0.1) is 6.92 Å². The van der Waals surface area contributed by atoms with E-state index in [4.69, 9.17) is 9.60 Å². The second-order valence-corrected chi connectivity index (χ2v) is 6.59. The monoisotopic (exact) mass is 396 g/mol. The molecule has 0 saturated carbocycles. The molecule has 0 amide bonds. The van der Waals surface area contributed by atoms with E-state index in [0.717, 1.165) is 16.7 Å². The molecule has 3 rings (SSSR count). The van der Waals surface area contributed by atoms with Gasteiger partial charge in [-0.3, -0.25) is 0 Å². The first-order valence-electron chi connectivity index (χ1n) is 12.8. The summed E-state index contributed by atoms with van der Waals surface area (Å²) >= 11 is 0. The average molecular weight is 397 g/mol. The Morgan fingerprint density at radius 1 is 1.21 bits per heavy atom. The Labute approximate surface area is 181 Å². The van der Waals surface area contributed by atoms with Gasteiger partial charge in [-0.2, -0.15) is 0 Å². The highest BCUT2D eigenvalue weighted by atomic mass is 16.4. The van der Waals surface area contributed by atoms with Crippen molar-refractivity contribution in [3.63, 3.8) is 0 Å². The SMILES string of the molecule is [2H]c1c([2H])c(C)c([2H])c([C@@]([2H])(O)C([2H])([2H])NCCCc2cccc(-c3cccc(C(=O)O)c3)c2)c1[2H]. The summed E-state index contributed by atoms with van der Waals surface area (Å²) in [4.78, 5) is 11.2. The Hall–Kier alpha value is -2.95. The maximum absolute atomic E-state index is 11.2. The summed E-state index contributed by atoms with van der Waals surface area (Å²) in [6, 6.07) is 11.9. The summed E-state index contributed by atoms with van der Waals surface area (Å²) in [7, 11) is 0. The standard InChI is InChI=1S/C25H27NO3/c1-18-6-2-11-22(14-18)24(27)17-26-13-5-8-19-7-3-9-20(15-19)21-10-4-12-23(16-21)25(28)29/h2-4,6-7,9-12,14-16,24,26-27H,5,8,13,17H2,1H3,(H,28,29)/t24-/m0/s1/i2D,6D,11D,14D,17D2,24D. The molecule has 0 aliphatic carbocycles. The number of hydrogen-bond acceptors (Lipinski definition) is 3. The van der Waals surface area contributed by atoms with E-state index in [1.807, 2.05) is 30.3 Å². The number of carbonyl (C=O) groups is 1. The van der Waals surface area contributed by atoms with Gasteiger partial charge in [0.25, 0.3) is 0 Å². The number of benzene rings is 3. The zero-order valence-corrected chi connectivity index (χ0v) is 16.0. The highest BCUT2D eigenvalue weighted by molar-refractivity contribution is 5.89. The van der Waals surface area contributed by atoms with Crippen LogP contribution in [0.2, 0.25) is 0 Å². The molecular weight excluding hydrogens is 362 g/mol. The fourth-order valence-electron chi connectivity index (χ4n) is 2.88. The van der Waals surface area contributed by atoms with Crippen LogP contribution in [0.25, 0.3) is 11.1 Å². The van der Waals surface area contributed by atoms with Crippen molar-refractivity contribution in [2.24, 2.45) is 0 Å². The van der Waals surface area contributed by atoms with Crippen molar-refractivity contribution in [3.05, 3.63) is 95.0 Å². The van der Waals surface area contributed by atoms with Crippen LogP contribution >= 0.6 is 0 Å². The van der Waals surface area contributed by atoms with Crippen LogP contribution in [0.3, 0.4) is 0 Å². The molecule has 0 unspecified atom stereocenters. The molecule has 0 bridgehead atoms. The molecule has 0 spiro atoms. The Morgan fingerprint density at radius 2 is 1.97 bits per heavy atom. The summed E-state index contributed by atoms with van der Waals surface area (Å²) in [6.07, 6.45) is -2.07. The van der Waals surface area contributed by atoms with Crippen LogP contribution in [0.5, 0.6) is 0 Å². The number of aryl methyl sites for hydroxylation is 1. The lowest BCUT2D eigenvalue weighted by Crippen LogP contribution is -2.22. The van der Waals surface area contributed by atoms with E-state index in [1.54, 1.807) is 12.1 Å². The van der Waals surface area contributed by atoms with E-state index in [2.05, 4.69) is 5.32 Å². The molecule has 0 aliphatic heterocycles. The van der Waals surface area contributed by atoms with E-state index < -0.39 is 42.2 Å². The third kappa shape index (κ3) is 6.01. The molecule has 29 heavy (non-hydrogen) atoms. The molecule has 4 heteroatoms. The van der Waals surface area contributed by atoms with Gasteiger partial charge < -0.3 is 15.5 Å². The molecule has 0 fully saturated rings. The van der Waals surface area contributed by atoms with Gasteiger partial charge in [-0.1, -0.05) is 66.1 Å². The van der Waals surface area contributed by atoms with Crippen molar-refractivity contribution in [3.8, 4) is 11.1 Å². The summed E-state index contributed by atoms with van der Waals surface area (Å²) < 4.78 is 56.6. The Balaban J connectivity index is 1.70. The first-order valence-corrected chi connectivity index (χ1v) is 9.25. The molecule has 3 N–H and O–H groups in total. The van der Waals surface area contributed by atoms with Crippen molar-refractivity contribution < 1.29 is 24.6 Å². The lowest BCUT2D eigenvalue weighted by Gasteiger charge is -2.13. The fourth-order valence-corrected chi connectivity index (χ4v) is 2.88. The van der Waals surface area contributed by atoms with Crippen molar-refractivity contribution in [2.75, 3.05) is 13.0 Å². The molecule has 0 heterocycles. The minimum atomic E-state index is -3.04. The summed E-state index contributed by atoms with van der Waals surface area (Å²) in [5.74, 6) is -1.01. The zero-order chi connectivity index (χ0) is 26.8. The molecule has 1 atom stereocenters. The summed E-state index contributed by atoms with van der Waals surface area (Å²) in [5, 5.41) is 22.5. The van der Waals surface area contributed by atoms with Crippen molar-refractivity contribution in [2.45, 2.75) is 25.8 Å². The molecule has 0 saturated heterocycles. The van der Waals surface area contributed by atoms with E-state index in [-0.39, 0.29) is 23.7 Å². The third-order valence-electron chi connectivity index (χ3n) is 4.33. The fraction of sp³-hybridized carbons (Fsp3) is 0.240. The van der Waals surface area contributed by atoms with Crippen LogP contribution in [-0.2, 0) is 6.42 Å². The normalized spacial score (nSPS) is 17.0. The van der Waals surface area contributed by atoms with E-state index in [1.165, 1.54) is 13.0 Å². The van der Waals surface area contributed by atoms with Gasteiger partial charge in [-0.05, 0) is 60.7 Å². The Morgan fingerprint density at radius 3 is 2.76 bits per heavy atom. The number of carboxylic acid groups (broad SMARTS) is 1. The van der Waals surface area contributed by atoms with Gasteiger partial charge in [0.05, 0.1) is 18.5 Å². The molecule has 150 valence electrons. The number of aromatic carboxylic acids is 1. The lowest BCUT2D eigenvalue weighted by molar-refractivity contribution is 0.0697.